The van der Waals surface area contributed by atoms with Gasteiger partial charge in [0.2, 0.25) is 0 Å². The third kappa shape index (κ3) is 5.72. The van der Waals surface area contributed by atoms with Gasteiger partial charge in [-0.05, 0) is 55.4 Å². The smallest absolute Gasteiger partial charge is 0.306 e. The molecule has 0 aromatic carbocycles. The molecule has 174 valence electrons. The molecule has 0 atom stereocenters. The molecule has 2 rings (SSSR count). The molecule has 2 heterocycles. The maximum absolute atomic E-state index is 12.3. The Kier molecular flexibility index (Phi) is 6.99. The van der Waals surface area contributed by atoms with Gasteiger partial charge in [0.25, 0.3) is 0 Å². The zero-order chi connectivity index (χ0) is 23.1. The number of hydroxylamine groups is 4. The molecule has 2 aliphatic heterocycles. The van der Waals surface area contributed by atoms with Crippen LogP contribution in [0.15, 0.2) is 0 Å². The highest BCUT2D eigenvalue weighted by atomic mass is 16.6. The minimum absolute atomic E-state index is 0.0370. The van der Waals surface area contributed by atoms with Crippen molar-refractivity contribution in [2.24, 2.45) is 0 Å². The lowest BCUT2D eigenvalue weighted by molar-refractivity contribution is -0.260. The van der Waals surface area contributed by atoms with Crippen molar-refractivity contribution < 1.29 is 29.5 Å². The van der Waals surface area contributed by atoms with E-state index in [2.05, 4.69) is 0 Å². The van der Waals surface area contributed by atoms with Gasteiger partial charge in [-0.3, -0.25) is 9.59 Å². The van der Waals surface area contributed by atoms with Crippen molar-refractivity contribution >= 4 is 11.9 Å². The van der Waals surface area contributed by atoms with Crippen LogP contribution in [-0.4, -0.2) is 66.8 Å². The number of piperidine rings is 2. The largest absolute Gasteiger partial charge is 0.462 e. The zero-order valence-corrected chi connectivity index (χ0v) is 19.8. The van der Waals surface area contributed by atoms with E-state index in [4.69, 9.17) is 9.47 Å². The lowest BCUT2D eigenvalue weighted by Gasteiger charge is -2.51. The molecule has 8 heteroatoms. The molecule has 0 spiro atoms. The number of esters is 2. The second-order valence-corrected chi connectivity index (χ2v) is 11.4. The van der Waals surface area contributed by atoms with Gasteiger partial charge in [-0.1, -0.05) is 0 Å². The van der Waals surface area contributed by atoms with Crippen molar-refractivity contribution in [1.29, 1.82) is 0 Å². The summed E-state index contributed by atoms with van der Waals surface area (Å²) in [4.78, 5) is 24.6. The highest BCUT2D eigenvalue weighted by Crippen LogP contribution is 2.39. The van der Waals surface area contributed by atoms with Crippen LogP contribution in [0.25, 0.3) is 0 Å². The Morgan fingerprint density at radius 1 is 0.667 bits per heavy atom. The fourth-order valence-electron chi connectivity index (χ4n) is 5.22. The fourth-order valence-corrected chi connectivity index (χ4v) is 5.22. The van der Waals surface area contributed by atoms with Gasteiger partial charge in [-0.25, -0.2) is 0 Å². The monoisotopic (exact) mass is 428 g/mol. The third-order valence-corrected chi connectivity index (χ3v) is 6.33. The normalized spacial score (nSPS) is 26.9. The summed E-state index contributed by atoms with van der Waals surface area (Å²) in [5, 5.41) is 23.4. The lowest BCUT2D eigenvalue weighted by Crippen LogP contribution is -2.60. The van der Waals surface area contributed by atoms with Gasteiger partial charge >= 0.3 is 11.9 Å². The molecule has 0 aromatic rings. The predicted molar refractivity (Wildman–Crippen MR) is 111 cm³/mol. The average Bonchev–Trinajstić information content (AvgIpc) is 2.54. The molecule has 8 nitrogen and oxygen atoms in total. The number of carbonyl (C=O) groups is 2. The Morgan fingerprint density at radius 3 is 1.13 bits per heavy atom. The maximum Gasteiger partial charge on any atom is 0.306 e. The first-order valence-corrected chi connectivity index (χ1v) is 10.8. The van der Waals surface area contributed by atoms with E-state index in [1.54, 1.807) is 0 Å². The molecule has 30 heavy (non-hydrogen) atoms. The van der Waals surface area contributed by atoms with Crippen molar-refractivity contribution in [3.63, 3.8) is 0 Å². The molecule has 0 bridgehead atoms. The SMILES string of the molecule is CC1(C)CC(OC(=O)CCC(=O)OC2CC(C)(C)N(O)C(C)(C)C2)CC(C)(C)N1O. The summed E-state index contributed by atoms with van der Waals surface area (Å²) in [7, 11) is 0. The Hall–Kier alpha value is -1.22. The summed E-state index contributed by atoms with van der Waals surface area (Å²) in [6, 6.07) is 0. The number of carbonyl (C=O) groups excluding carboxylic acids is 2. The van der Waals surface area contributed by atoms with E-state index in [-0.39, 0.29) is 25.0 Å². The number of ether oxygens (including phenoxy) is 2. The summed E-state index contributed by atoms with van der Waals surface area (Å²) in [6.45, 7) is 15.3. The Morgan fingerprint density at radius 2 is 0.900 bits per heavy atom. The van der Waals surface area contributed by atoms with Crippen LogP contribution in [0.3, 0.4) is 0 Å². The topological polar surface area (TPSA) is 99.5 Å². The van der Waals surface area contributed by atoms with E-state index in [0.29, 0.717) is 25.7 Å². The first-order valence-electron chi connectivity index (χ1n) is 10.8. The third-order valence-electron chi connectivity index (χ3n) is 6.33. The number of hydrogen-bond acceptors (Lipinski definition) is 8. The highest BCUT2D eigenvalue weighted by Gasteiger charge is 2.47. The van der Waals surface area contributed by atoms with E-state index in [1.165, 1.54) is 10.1 Å². The molecule has 0 unspecified atom stereocenters. The van der Waals surface area contributed by atoms with Gasteiger partial charge in [-0.15, -0.1) is 0 Å². The van der Waals surface area contributed by atoms with Gasteiger partial charge < -0.3 is 19.9 Å². The van der Waals surface area contributed by atoms with Gasteiger partial charge in [0, 0.05) is 47.8 Å². The van der Waals surface area contributed by atoms with Gasteiger partial charge in [-0.2, -0.15) is 10.1 Å². The van der Waals surface area contributed by atoms with Crippen molar-refractivity contribution in [3.05, 3.63) is 0 Å². The van der Waals surface area contributed by atoms with E-state index >= 15 is 0 Å². The summed E-state index contributed by atoms with van der Waals surface area (Å²) in [6.07, 6.45) is 1.39. The predicted octanol–water partition coefficient (Wildman–Crippen LogP) is 3.67. The van der Waals surface area contributed by atoms with Gasteiger partial charge in [0.1, 0.15) is 12.2 Å². The summed E-state index contributed by atoms with van der Waals surface area (Å²) >= 11 is 0. The van der Waals surface area contributed by atoms with Crippen LogP contribution in [0.4, 0.5) is 0 Å². The average molecular weight is 429 g/mol. The fraction of sp³-hybridized carbons (Fsp3) is 0.909. The van der Waals surface area contributed by atoms with Crippen molar-refractivity contribution in [2.75, 3.05) is 0 Å². The highest BCUT2D eigenvalue weighted by molar-refractivity contribution is 5.77. The standard InChI is InChI=1S/C22H40N2O6/c1-19(2)11-15(12-20(3,4)23(19)27)29-17(25)9-10-18(26)30-16-13-21(5,6)24(28)22(7,8)14-16/h15-16,27-28H,9-14H2,1-8H3. The first-order chi connectivity index (χ1) is 13.5. The van der Waals surface area contributed by atoms with E-state index in [9.17, 15) is 20.0 Å². The summed E-state index contributed by atoms with van der Waals surface area (Å²) in [5.41, 5.74) is -2.03. The van der Waals surface area contributed by atoms with Crippen molar-refractivity contribution in [3.8, 4) is 0 Å². The van der Waals surface area contributed by atoms with Crippen LogP contribution in [0, 0.1) is 0 Å². The Bertz CT molecular complexity index is 566. The first kappa shape index (κ1) is 25.0. The molecule has 0 radical (unpaired) electrons. The Balaban J connectivity index is 1.83. The molecular weight excluding hydrogens is 388 g/mol. The second-order valence-electron chi connectivity index (χ2n) is 11.4. The van der Waals surface area contributed by atoms with E-state index < -0.39 is 34.1 Å². The van der Waals surface area contributed by atoms with Crippen LogP contribution >= 0.6 is 0 Å². The van der Waals surface area contributed by atoms with Gasteiger partial charge in [0.15, 0.2) is 0 Å². The molecule has 2 fully saturated rings. The molecular formula is C22H40N2O6. The van der Waals surface area contributed by atoms with E-state index in [0.717, 1.165) is 0 Å². The van der Waals surface area contributed by atoms with Crippen LogP contribution in [0.2, 0.25) is 0 Å². The van der Waals surface area contributed by atoms with Crippen molar-refractivity contribution in [2.45, 2.75) is 128 Å². The molecule has 2 aliphatic rings. The molecule has 2 saturated heterocycles. The van der Waals surface area contributed by atoms with Crippen molar-refractivity contribution in [1.82, 2.24) is 10.1 Å². The summed E-state index contributed by atoms with van der Waals surface area (Å²) < 4.78 is 11.2. The maximum atomic E-state index is 12.3. The van der Waals surface area contributed by atoms with Crippen LogP contribution in [-0.2, 0) is 19.1 Å². The molecule has 0 aliphatic carbocycles. The molecule has 0 aromatic heterocycles. The molecule has 2 N–H and O–H groups in total. The quantitative estimate of drug-likeness (QED) is 0.640. The number of hydrogen-bond donors (Lipinski definition) is 2. The minimum atomic E-state index is -0.507. The minimum Gasteiger partial charge on any atom is -0.462 e. The van der Waals surface area contributed by atoms with Crippen LogP contribution < -0.4 is 0 Å². The number of rotatable bonds is 5. The van der Waals surface area contributed by atoms with Crippen LogP contribution in [0.1, 0.15) is 93.9 Å². The van der Waals surface area contributed by atoms with Crippen LogP contribution in [0.5, 0.6) is 0 Å². The lowest BCUT2D eigenvalue weighted by atomic mass is 9.80. The second kappa shape index (κ2) is 8.37. The summed E-state index contributed by atoms with van der Waals surface area (Å²) in [5.74, 6) is -0.860. The zero-order valence-electron chi connectivity index (χ0n) is 19.8. The van der Waals surface area contributed by atoms with E-state index in [1.807, 2.05) is 55.4 Å². The molecule has 0 amide bonds. The molecule has 0 saturated carbocycles. The van der Waals surface area contributed by atoms with Gasteiger partial charge in [0.05, 0.1) is 12.8 Å². The Labute approximate surface area is 180 Å². The number of nitrogens with zero attached hydrogens (tertiary/aromatic N) is 2.